The molecule has 3 N–H and O–H groups in total. The van der Waals surface area contributed by atoms with Crippen molar-refractivity contribution in [3.8, 4) is 0 Å². The van der Waals surface area contributed by atoms with Crippen molar-refractivity contribution in [2.45, 2.75) is 0 Å². The van der Waals surface area contributed by atoms with Gasteiger partial charge < -0.3 is 10.2 Å². The predicted octanol–water partition coefficient (Wildman–Crippen LogP) is -0.864. The lowest BCUT2D eigenvalue weighted by Crippen LogP contribution is -2.26. The Balaban J connectivity index is 3.64. The maximum absolute atomic E-state index is 10.3. The first kappa shape index (κ1) is 6.97. The van der Waals surface area contributed by atoms with Gasteiger partial charge in [0.1, 0.15) is 5.70 Å². The summed E-state index contributed by atoms with van der Waals surface area (Å²) in [5, 5.41) is 0. The molecule has 46 valence electrons. The molecule has 0 heterocycles. The van der Waals surface area contributed by atoms with Gasteiger partial charge in [0.05, 0.1) is 7.11 Å². The zero-order valence-corrected chi connectivity index (χ0v) is 4.60. The minimum absolute atomic E-state index is 0.0486. The number of ether oxygens (including phenoxy) is 1. The molecule has 0 saturated heterocycles. The quantitative estimate of drug-likeness (QED) is 0.213. The third kappa shape index (κ3) is 1.61. The number of hydrogen-bond acceptors (Lipinski definition) is 4. The van der Waals surface area contributed by atoms with E-state index in [1.54, 1.807) is 0 Å². The van der Waals surface area contributed by atoms with Crippen LogP contribution in [0.3, 0.4) is 0 Å². The molecule has 0 rings (SSSR count). The Labute approximate surface area is 47.3 Å². The summed E-state index contributed by atoms with van der Waals surface area (Å²) < 4.78 is 4.22. The molecule has 0 spiro atoms. The van der Waals surface area contributed by atoms with Crippen molar-refractivity contribution in [3.05, 3.63) is 12.3 Å². The number of rotatable bonds is 2. The van der Waals surface area contributed by atoms with Crippen LogP contribution in [-0.2, 0) is 9.53 Å². The molecule has 0 aliphatic carbocycles. The highest BCUT2D eigenvalue weighted by atomic mass is 16.5. The van der Waals surface area contributed by atoms with Crippen LogP contribution in [-0.4, -0.2) is 13.1 Å². The maximum atomic E-state index is 10.3. The molecule has 0 radical (unpaired) electrons. The zero-order chi connectivity index (χ0) is 6.57. The van der Waals surface area contributed by atoms with Crippen LogP contribution < -0.4 is 11.3 Å². The van der Waals surface area contributed by atoms with Gasteiger partial charge in [-0.25, -0.2) is 4.79 Å². The minimum Gasteiger partial charge on any atom is -0.464 e. The number of esters is 1. The lowest BCUT2D eigenvalue weighted by atomic mass is 10.5. The molecule has 0 aromatic heterocycles. The SMILES string of the molecule is C=C(NN)C(=O)OC. The number of nitrogens with one attached hydrogen (secondary N) is 1. The highest BCUT2D eigenvalue weighted by molar-refractivity contribution is 5.86. The first-order valence-electron chi connectivity index (χ1n) is 1.96. The Morgan fingerprint density at radius 2 is 2.38 bits per heavy atom. The van der Waals surface area contributed by atoms with Gasteiger partial charge in [-0.2, -0.15) is 0 Å². The van der Waals surface area contributed by atoms with Crippen LogP contribution in [0.2, 0.25) is 0 Å². The molecule has 0 aliphatic heterocycles. The molecule has 8 heavy (non-hydrogen) atoms. The standard InChI is InChI=1S/C4H8N2O2/c1-3(6-5)4(7)8-2/h6H,1,5H2,2H3. The summed E-state index contributed by atoms with van der Waals surface area (Å²) >= 11 is 0. The van der Waals surface area contributed by atoms with Crippen molar-refractivity contribution >= 4 is 5.97 Å². The summed E-state index contributed by atoms with van der Waals surface area (Å²) in [5.74, 6) is 4.25. The van der Waals surface area contributed by atoms with Gasteiger partial charge in [-0.15, -0.1) is 0 Å². The van der Waals surface area contributed by atoms with Crippen LogP contribution in [0.25, 0.3) is 0 Å². The van der Waals surface area contributed by atoms with Crippen molar-refractivity contribution in [2.24, 2.45) is 5.84 Å². The van der Waals surface area contributed by atoms with Crippen LogP contribution in [0.15, 0.2) is 12.3 Å². The molecular formula is C4H8N2O2. The number of carbonyl (C=O) groups excluding carboxylic acids is 1. The van der Waals surface area contributed by atoms with Gasteiger partial charge in [-0.3, -0.25) is 5.84 Å². The molecule has 0 aromatic carbocycles. The number of carbonyl (C=O) groups is 1. The molecule has 0 fully saturated rings. The number of methoxy groups -OCH3 is 1. The Kier molecular flexibility index (Phi) is 2.64. The summed E-state index contributed by atoms with van der Waals surface area (Å²) in [6, 6.07) is 0. The van der Waals surface area contributed by atoms with E-state index in [9.17, 15) is 4.79 Å². The normalized spacial score (nSPS) is 7.75. The summed E-state index contributed by atoms with van der Waals surface area (Å²) in [7, 11) is 1.25. The van der Waals surface area contributed by atoms with E-state index < -0.39 is 5.97 Å². The average Bonchev–Trinajstić information content (AvgIpc) is 1.84. The summed E-state index contributed by atoms with van der Waals surface area (Å²) in [6.07, 6.45) is 0. The molecule has 0 aliphatic rings. The van der Waals surface area contributed by atoms with E-state index in [1.807, 2.05) is 5.43 Å². The van der Waals surface area contributed by atoms with Gasteiger partial charge in [0.15, 0.2) is 0 Å². The highest BCUT2D eigenvalue weighted by Crippen LogP contribution is 1.82. The lowest BCUT2D eigenvalue weighted by Gasteiger charge is -1.98. The smallest absolute Gasteiger partial charge is 0.354 e. The largest absolute Gasteiger partial charge is 0.464 e. The lowest BCUT2D eigenvalue weighted by molar-refractivity contribution is -0.136. The third-order valence-corrected chi connectivity index (χ3v) is 0.606. The van der Waals surface area contributed by atoms with Gasteiger partial charge in [0.2, 0.25) is 0 Å². The molecule has 0 aromatic rings. The number of nitrogens with two attached hydrogens (primary N) is 1. The Bertz CT molecular complexity index is 96.6. The van der Waals surface area contributed by atoms with E-state index in [0.717, 1.165) is 0 Å². The van der Waals surface area contributed by atoms with E-state index in [0.29, 0.717) is 0 Å². The second kappa shape index (κ2) is 3.04. The fraction of sp³-hybridized carbons (Fsp3) is 0.250. The zero-order valence-electron chi connectivity index (χ0n) is 4.60. The average molecular weight is 116 g/mol. The maximum Gasteiger partial charge on any atom is 0.354 e. The first-order valence-corrected chi connectivity index (χ1v) is 1.96. The van der Waals surface area contributed by atoms with Crippen molar-refractivity contribution in [1.29, 1.82) is 0 Å². The second-order valence-corrected chi connectivity index (χ2v) is 1.11. The Morgan fingerprint density at radius 1 is 1.88 bits per heavy atom. The van der Waals surface area contributed by atoms with Gasteiger partial charge in [-0.05, 0) is 0 Å². The van der Waals surface area contributed by atoms with Crippen LogP contribution in [0.5, 0.6) is 0 Å². The first-order chi connectivity index (χ1) is 3.72. The van der Waals surface area contributed by atoms with Gasteiger partial charge in [0.25, 0.3) is 0 Å². The molecular weight excluding hydrogens is 108 g/mol. The molecule has 0 atom stereocenters. The summed E-state index contributed by atoms with van der Waals surface area (Å²) in [6.45, 7) is 3.23. The van der Waals surface area contributed by atoms with Gasteiger partial charge in [0, 0.05) is 0 Å². The fourth-order valence-corrected chi connectivity index (χ4v) is 0.182. The van der Waals surface area contributed by atoms with Crippen LogP contribution in [0.1, 0.15) is 0 Å². The van der Waals surface area contributed by atoms with E-state index in [1.165, 1.54) is 7.11 Å². The molecule has 4 heteroatoms. The van der Waals surface area contributed by atoms with Crippen molar-refractivity contribution in [3.63, 3.8) is 0 Å². The molecule has 0 amide bonds. The van der Waals surface area contributed by atoms with Crippen LogP contribution in [0, 0.1) is 0 Å². The van der Waals surface area contributed by atoms with Crippen molar-refractivity contribution in [1.82, 2.24) is 5.43 Å². The van der Waals surface area contributed by atoms with Gasteiger partial charge >= 0.3 is 5.97 Å². The highest BCUT2D eigenvalue weighted by Gasteiger charge is 2.00. The second-order valence-electron chi connectivity index (χ2n) is 1.11. The summed E-state index contributed by atoms with van der Waals surface area (Å²) in [4.78, 5) is 10.3. The van der Waals surface area contributed by atoms with Crippen LogP contribution in [0.4, 0.5) is 0 Å². The van der Waals surface area contributed by atoms with E-state index in [4.69, 9.17) is 5.84 Å². The Morgan fingerprint density at radius 3 is 2.50 bits per heavy atom. The van der Waals surface area contributed by atoms with Crippen molar-refractivity contribution in [2.75, 3.05) is 7.11 Å². The van der Waals surface area contributed by atoms with Gasteiger partial charge in [-0.1, -0.05) is 6.58 Å². The molecule has 0 saturated carbocycles. The summed E-state index contributed by atoms with van der Waals surface area (Å²) in [5.41, 5.74) is 2.10. The van der Waals surface area contributed by atoms with Crippen LogP contribution >= 0.6 is 0 Å². The molecule has 0 bridgehead atoms. The van der Waals surface area contributed by atoms with E-state index in [-0.39, 0.29) is 5.70 Å². The topological polar surface area (TPSA) is 64.3 Å². The molecule has 0 unspecified atom stereocenters. The monoisotopic (exact) mass is 116 g/mol. The Hall–Kier alpha value is -1.03. The van der Waals surface area contributed by atoms with Crippen molar-refractivity contribution < 1.29 is 9.53 Å². The van der Waals surface area contributed by atoms with E-state index >= 15 is 0 Å². The molecule has 4 nitrogen and oxygen atoms in total. The van der Waals surface area contributed by atoms with E-state index in [2.05, 4.69) is 11.3 Å². The minimum atomic E-state index is -0.549. The fourth-order valence-electron chi connectivity index (χ4n) is 0.182. The number of hydrogen-bond donors (Lipinski definition) is 2. The predicted molar refractivity (Wildman–Crippen MR) is 28.5 cm³/mol. The third-order valence-electron chi connectivity index (χ3n) is 0.606. The number of hydrazine groups is 1.